The lowest BCUT2D eigenvalue weighted by atomic mass is 9.74. The maximum atomic E-state index is 13.2. The molecule has 0 amide bonds. The number of carbonyl (C=O) groups excluding carboxylic acids is 1. The first kappa shape index (κ1) is 17.4. The van der Waals surface area contributed by atoms with Crippen LogP contribution in [0, 0.1) is 5.41 Å². The number of aromatic carboxylic acids is 1. The number of alkyl halides is 2. The fraction of sp³-hybridized carbons (Fsp3) is 0.667. The van der Waals surface area contributed by atoms with Gasteiger partial charge in [-0.05, 0) is 39.5 Å². The average Bonchev–Trinajstić information content (AvgIpc) is 2.93. The van der Waals surface area contributed by atoms with E-state index in [1.165, 1.54) is 0 Å². The molecule has 1 aliphatic rings. The summed E-state index contributed by atoms with van der Waals surface area (Å²) in [6.07, 6.45) is -0.0424. The van der Waals surface area contributed by atoms with Gasteiger partial charge < -0.3 is 9.84 Å². The van der Waals surface area contributed by atoms with E-state index in [2.05, 4.69) is 5.10 Å². The van der Waals surface area contributed by atoms with Crippen molar-refractivity contribution in [2.75, 3.05) is 6.61 Å². The molecular formula is C15H20F2N2O4. The van der Waals surface area contributed by atoms with Gasteiger partial charge in [0.2, 0.25) is 0 Å². The van der Waals surface area contributed by atoms with E-state index in [-0.39, 0.29) is 12.0 Å². The van der Waals surface area contributed by atoms with E-state index in [1.807, 2.05) is 0 Å². The van der Waals surface area contributed by atoms with Gasteiger partial charge in [0.1, 0.15) is 11.3 Å². The van der Waals surface area contributed by atoms with E-state index in [4.69, 9.17) is 9.84 Å². The van der Waals surface area contributed by atoms with Gasteiger partial charge in [-0.2, -0.15) is 5.10 Å². The second-order valence-corrected chi connectivity index (χ2v) is 6.01. The molecule has 0 aromatic carbocycles. The molecule has 1 aliphatic carbocycles. The smallest absolute Gasteiger partial charge is 0.339 e. The molecule has 128 valence electrons. The van der Waals surface area contributed by atoms with Crippen molar-refractivity contribution in [2.45, 2.75) is 52.0 Å². The molecule has 0 radical (unpaired) electrons. The Bertz CT molecular complexity index is 592. The number of aromatic nitrogens is 2. The van der Waals surface area contributed by atoms with Crippen molar-refractivity contribution >= 4 is 11.9 Å². The van der Waals surface area contributed by atoms with Crippen molar-refractivity contribution in [2.24, 2.45) is 5.41 Å². The summed E-state index contributed by atoms with van der Waals surface area (Å²) in [7, 11) is 0. The van der Waals surface area contributed by atoms with Crippen molar-refractivity contribution in [3.63, 3.8) is 0 Å². The first-order valence-electron chi connectivity index (χ1n) is 7.56. The number of carboxylic acids is 1. The Kier molecular flexibility index (Phi) is 5.01. The van der Waals surface area contributed by atoms with Crippen LogP contribution in [0.1, 0.15) is 68.0 Å². The second-order valence-electron chi connectivity index (χ2n) is 6.01. The van der Waals surface area contributed by atoms with Crippen LogP contribution >= 0.6 is 0 Å². The number of hydrogen-bond donors (Lipinski definition) is 1. The number of halogens is 2. The molecule has 0 saturated heterocycles. The highest BCUT2D eigenvalue weighted by atomic mass is 19.3. The topological polar surface area (TPSA) is 81.4 Å². The quantitative estimate of drug-likeness (QED) is 0.839. The summed E-state index contributed by atoms with van der Waals surface area (Å²) in [6.45, 7) is 3.84. The summed E-state index contributed by atoms with van der Waals surface area (Å²) in [6, 6.07) is -0.338. The van der Waals surface area contributed by atoms with Gasteiger partial charge in [-0.15, -0.1) is 0 Å². The molecular weight excluding hydrogens is 310 g/mol. The zero-order chi connectivity index (χ0) is 17.2. The molecule has 1 aromatic rings. The lowest BCUT2D eigenvalue weighted by Gasteiger charge is -2.35. The molecule has 0 unspecified atom stereocenters. The molecule has 0 spiro atoms. The molecule has 1 heterocycles. The molecule has 0 atom stereocenters. The van der Waals surface area contributed by atoms with E-state index < -0.39 is 29.1 Å². The number of esters is 1. The lowest BCUT2D eigenvalue weighted by molar-refractivity contribution is -0.156. The molecule has 2 rings (SSSR count). The maximum absolute atomic E-state index is 13.2. The van der Waals surface area contributed by atoms with E-state index >= 15 is 0 Å². The molecule has 23 heavy (non-hydrogen) atoms. The van der Waals surface area contributed by atoms with E-state index in [9.17, 15) is 18.4 Å². The Labute approximate surface area is 132 Å². The highest BCUT2D eigenvalue weighted by molar-refractivity contribution is 5.88. The Morgan fingerprint density at radius 3 is 2.57 bits per heavy atom. The third-order valence-electron chi connectivity index (χ3n) is 4.44. The van der Waals surface area contributed by atoms with Crippen LogP contribution in [0.25, 0.3) is 0 Å². The highest BCUT2D eigenvalue weighted by Crippen LogP contribution is 2.42. The van der Waals surface area contributed by atoms with Crippen LogP contribution in [0.4, 0.5) is 8.78 Å². The number of hydrogen-bond acceptors (Lipinski definition) is 4. The number of carbonyl (C=O) groups is 2. The van der Waals surface area contributed by atoms with Crippen molar-refractivity contribution in [1.29, 1.82) is 0 Å². The van der Waals surface area contributed by atoms with Gasteiger partial charge in [0.25, 0.3) is 6.43 Å². The SMILES string of the molecule is CCOC(=O)C1(C)CCC(n2ncc(C(=O)O)c2C(F)F)CC1. The van der Waals surface area contributed by atoms with Gasteiger partial charge in [0, 0.05) is 0 Å². The molecule has 1 N–H and O–H groups in total. The van der Waals surface area contributed by atoms with Crippen molar-refractivity contribution in [3.8, 4) is 0 Å². The van der Waals surface area contributed by atoms with Crippen molar-refractivity contribution < 1.29 is 28.2 Å². The third kappa shape index (κ3) is 3.35. The fourth-order valence-electron chi connectivity index (χ4n) is 3.04. The summed E-state index contributed by atoms with van der Waals surface area (Å²) in [4.78, 5) is 23.0. The Morgan fingerprint density at radius 1 is 1.48 bits per heavy atom. The summed E-state index contributed by atoms with van der Waals surface area (Å²) in [5.41, 5.74) is -1.67. The Balaban J connectivity index is 2.18. The van der Waals surface area contributed by atoms with Gasteiger partial charge in [-0.3, -0.25) is 9.48 Å². The maximum Gasteiger partial charge on any atom is 0.339 e. The molecule has 1 saturated carbocycles. The zero-order valence-corrected chi connectivity index (χ0v) is 13.1. The Hall–Kier alpha value is -1.99. The van der Waals surface area contributed by atoms with Crippen LogP contribution in [0.5, 0.6) is 0 Å². The summed E-state index contributed by atoms with van der Waals surface area (Å²) < 4.78 is 32.6. The molecule has 8 heteroatoms. The fourth-order valence-corrected chi connectivity index (χ4v) is 3.04. The predicted octanol–water partition coefficient (Wildman–Crippen LogP) is 3.20. The number of ether oxygens (including phenoxy) is 1. The van der Waals surface area contributed by atoms with Gasteiger partial charge in [0.05, 0.1) is 24.3 Å². The second kappa shape index (κ2) is 6.64. The molecule has 0 bridgehead atoms. The highest BCUT2D eigenvalue weighted by Gasteiger charge is 2.40. The third-order valence-corrected chi connectivity index (χ3v) is 4.44. The number of rotatable bonds is 5. The average molecular weight is 330 g/mol. The van der Waals surface area contributed by atoms with Crippen LogP contribution < -0.4 is 0 Å². The minimum Gasteiger partial charge on any atom is -0.478 e. The van der Waals surface area contributed by atoms with Gasteiger partial charge >= 0.3 is 11.9 Å². The van der Waals surface area contributed by atoms with Crippen molar-refractivity contribution in [3.05, 3.63) is 17.5 Å². The number of carboxylic acid groups (broad SMARTS) is 1. The minimum absolute atomic E-state index is 0.278. The van der Waals surface area contributed by atoms with Gasteiger partial charge in [-0.25, -0.2) is 13.6 Å². The van der Waals surface area contributed by atoms with Gasteiger partial charge in [0.15, 0.2) is 0 Å². The number of nitrogens with zero attached hydrogens (tertiary/aromatic N) is 2. The lowest BCUT2D eigenvalue weighted by Crippen LogP contribution is -2.35. The van der Waals surface area contributed by atoms with Gasteiger partial charge in [-0.1, -0.05) is 0 Å². The first-order chi connectivity index (χ1) is 10.8. The first-order valence-corrected chi connectivity index (χ1v) is 7.56. The summed E-state index contributed by atoms with van der Waals surface area (Å²) in [5.74, 6) is -1.70. The molecule has 0 aliphatic heterocycles. The van der Waals surface area contributed by atoms with Crippen LogP contribution in [0.3, 0.4) is 0 Å². The van der Waals surface area contributed by atoms with Crippen LogP contribution in [-0.4, -0.2) is 33.4 Å². The van der Waals surface area contributed by atoms with Crippen LogP contribution in [0.2, 0.25) is 0 Å². The van der Waals surface area contributed by atoms with E-state index in [1.54, 1.807) is 13.8 Å². The zero-order valence-electron chi connectivity index (χ0n) is 13.1. The molecule has 1 aromatic heterocycles. The normalized spacial score (nSPS) is 24.7. The largest absolute Gasteiger partial charge is 0.478 e. The monoisotopic (exact) mass is 330 g/mol. The van der Waals surface area contributed by atoms with E-state index in [0.29, 0.717) is 32.3 Å². The minimum atomic E-state index is -2.91. The predicted molar refractivity (Wildman–Crippen MR) is 76.4 cm³/mol. The van der Waals surface area contributed by atoms with Crippen LogP contribution in [0.15, 0.2) is 6.20 Å². The van der Waals surface area contributed by atoms with Crippen LogP contribution in [-0.2, 0) is 9.53 Å². The Morgan fingerprint density at radius 2 is 2.09 bits per heavy atom. The van der Waals surface area contributed by atoms with E-state index in [0.717, 1.165) is 10.9 Å². The molecule has 6 nitrogen and oxygen atoms in total. The van der Waals surface area contributed by atoms with Crippen molar-refractivity contribution in [1.82, 2.24) is 9.78 Å². The summed E-state index contributed by atoms with van der Waals surface area (Å²) >= 11 is 0. The summed E-state index contributed by atoms with van der Waals surface area (Å²) in [5, 5.41) is 12.8. The molecule has 1 fully saturated rings. The standard InChI is InChI=1S/C15H20F2N2O4/c1-3-23-14(22)15(2)6-4-9(5-7-15)19-11(12(16)17)10(8-18-19)13(20)21/h8-9,12H,3-7H2,1-2H3,(H,20,21).